The number of aromatic nitrogens is 2. The first-order chi connectivity index (χ1) is 11.6. The Morgan fingerprint density at radius 1 is 1.08 bits per heavy atom. The predicted molar refractivity (Wildman–Crippen MR) is 101 cm³/mol. The molecular formula is C18H24ClN5. The Hall–Kier alpha value is -2.01. The number of aryl methyl sites for hydroxylation is 1. The van der Waals surface area contributed by atoms with Crippen LogP contribution in [-0.2, 0) is 0 Å². The molecule has 0 amide bonds. The third kappa shape index (κ3) is 4.09. The molecule has 0 bridgehead atoms. The summed E-state index contributed by atoms with van der Waals surface area (Å²) < 4.78 is 0. The first-order valence-corrected chi connectivity index (χ1v) is 8.91. The van der Waals surface area contributed by atoms with Crippen LogP contribution in [0.2, 0.25) is 5.02 Å². The van der Waals surface area contributed by atoms with E-state index in [4.69, 9.17) is 17.3 Å². The van der Waals surface area contributed by atoms with E-state index in [2.05, 4.69) is 20.6 Å². The van der Waals surface area contributed by atoms with E-state index in [0.29, 0.717) is 28.4 Å². The van der Waals surface area contributed by atoms with Gasteiger partial charge < -0.3 is 16.4 Å². The number of rotatable bonds is 4. The fourth-order valence-corrected chi connectivity index (χ4v) is 3.35. The Kier molecular flexibility index (Phi) is 5.41. The van der Waals surface area contributed by atoms with E-state index >= 15 is 0 Å². The first kappa shape index (κ1) is 16.8. The predicted octanol–water partition coefficient (Wildman–Crippen LogP) is 4.90. The number of benzene rings is 1. The number of nitrogens with zero attached hydrogens (tertiary/aromatic N) is 2. The number of halogens is 1. The van der Waals surface area contributed by atoms with Gasteiger partial charge in [-0.3, -0.25) is 0 Å². The molecule has 1 aliphatic carbocycles. The lowest BCUT2D eigenvalue weighted by Crippen LogP contribution is -2.20. The molecule has 3 rings (SSSR count). The second-order valence-electron chi connectivity index (χ2n) is 6.40. The van der Waals surface area contributed by atoms with Crippen LogP contribution >= 0.6 is 11.6 Å². The Morgan fingerprint density at radius 3 is 2.50 bits per heavy atom. The zero-order chi connectivity index (χ0) is 16.9. The van der Waals surface area contributed by atoms with Gasteiger partial charge in [0.15, 0.2) is 11.6 Å². The molecule has 1 aromatic carbocycles. The van der Waals surface area contributed by atoms with E-state index in [1.54, 1.807) is 6.33 Å². The standard InChI is InChI=1S/C18H24ClN5/c1-12-10-13(19)8-9-15(12)24-18-16(20)17(21-11-22-18)23-14-6-4-2-3-5-7-14/h8-11,14H,2-7,20H2,1H3,(H2,21,22,23,24). The van der Waals surface area contributed by atoms with Gasteiger partial charge in [-0.1, -0.05) is 37.3 Å². The number of nitrogens with two attached hydrogens (primary N) is 1. The molecule has 6 heteroatoms. The first-order valence-electron chi connectivity index (χ1n) is 8.53. The van der Waals surface area contributed by atoms with Crippen molar-refractivity contribution >= 4 is 34.6 Å². The summed E-state index contributed by atoms with van der Waals surface area (Å²) in [5.74, 6) is 1.33. The zero-order valence-corrected chi connectivity index (χ0v) is 14.7. The van der Waals surface area contributed by atoms with Crippen LogP contribution < -0.4 is 16.4 Å². The van der Waals surface area contributed by atoms with Gasteiger partial charge in [0, 0.05) is 16.8 Å². The fourth-order valence-electron chi connectivity index (χ4n) is 3.12. The highest BCUT2D eigenvalue weighted by atomic mass is 35.5. The molecule has 2 aromatic rings. The lowest BCUT2D eigenvalue weighted by Gasteiger charge is -2.19. The molecule has 0 saturated heterocycles. The second-order valence-corrected chi connectivity index (χ2v) is 6.84. The van der Waals surface area contributed by atoms with Crippen LogP contribution in [0.15, 0.2) is 24.5 Å². The number of hydrogen-bond donors (Lipinski definition) is 3. The van der Waals surface area contributed by atoms with Gasteiger partial charge in [0.2, 0.25) is 0 Å². The summed E-state index contributed by atoms with van der Waals surface area (Å²) in [5.41, 5.74) is 8.82. The lowest BCUT2D eigenvalue weighted by molar-refractivity contribution is 0.618. The Labute approximate surface area is 148 Å². The molecule has 1 fully saturated rings. The monoisotopic (exact) mass is 345 g/mol. The third-order valence-electron chi connectivity index (χ3n) is 4.52. The minimum Gasteiger partial charge on any atom is -0.393 e. The molecule has 1 aromatic heterocycles. The average molecular weight is 346 g/mol. The van der Waals surface area contributed by atoms with Crippen molar-refractivity contribution in [1.29, 1.82) is 0 Å². The number of anilines is 4. The van der Waals surface area contributed by atoms with Gasteiger partial charge in [0.25, 0.3) is 0 Å². The van der Waals surface area contributed by atoms with Crippen molar-refractivity contribution in [3.8, 4) is 0 Å². The molecule has 1 heterocycles. The van der Waals surface area contributed by atoms with Gasteiger partial charge in [-0.05, 0) is 43.5 Å². The maximum atomic E-state index is 6.29. The minimum absolute atomic E-state index is 0.440. The SMILES string of the molecule is Cc1cc(Cl)ccc1Nc1ncnc(NC2CCCCCC2)c1N. The maximum Gasteiger partial charge on any atom is 0.159 e. The largest absolute Gasteiger partial charge is 0.393 e. The van der Waals surface area contributed by atoms with Gasteiger partial charge >= 0.3 is 0 Å². The molecule has 4 N–H and O–H groups in total. The van der Waals surface area contributed by atoms with Gasteiger partial charge in [0.1, 0.15) is 12.0 Å². The van der Waals surface area contributed by atoms with Gasteiger partial charge in [0.05, 0.1) is 0 Å². The van der Waals surface area contributed by atoms with Crippen molar-refractivity contribution in [3.63, 3.8) is 0 Å². The highest BCUT2D eigenvalue weighted by Gasteiger charge is 2.16. The fraction of sp³-hybridized carbons (Fsp3) is 0.444. The smallest absolute Gasteiger partial charge is 0.159 e. The summed E-state index contributed by atoms with van der Waals surface area (Å²) in [6, 6.07) is 6.12. The molecule has 0 radical (unpaired) electrons. The second kappa shape index (κ2) is 7.71. The van der Waals surface area contributed by atoms with Crippen LogP contribution in [-0.4, -0.2) is 16.0 Å². The minimum atomic E-state index is 0.440. The summed E-state index contributed by atoms with van der Waals surface area (Å²) in [5, 5.41) is 7.50. The van der Waals surface area contributed by atoms with Crippen molar-refractivity contribution in [1.82, 2.24) is 9.97 Å². The van der Waals surface area contributed by atoms with E-state index < -0.39 is 0 Å². The molecule has 1 saturated carbocycles. The van der Waals surface area contributed by atoms with Crippen LogP contribution in [0.3, 0.4) is 0 Å². The lowest BCUT2D eigenvalue weighted by atomic mass is 10.1. The zero-order valence-electron chi connectivity index (χ0n) is 14.0. The molecule has 5 nitrogen and oxygen atoms in total. The Balaban J connectivity index is 1.77. The van der Waals surface area contributed by atoms with Crippen molar-refractivity contribution in [2.24, 2.45) is 0 Å². The Bertz CT molecular complexity index is 696. The van der Waals surface area contributed by atoms with Crippen LogP contribution in [0, 0.1) is 6.92 Å². The molecule has 0 atom stereocenters. The molecule has 0 unspecified atom stereocenters. The van der Waals surface area contributed by atoms with Crippen LogP contribution in [0.5, 0.6) is 0 Å². The quantitative estimate of drug-likeness (QED) is 0.687. The summed E-state index contributed by atoms with van der Waals surface area (Å²) in [6.07, 6.45) is 9.05. The van der Waals surface area contributed by atoms with Crippen molar-refractivity contribution in [2.75, 3.05) is 16.4 Å². The molecule has 0 spiro atoms. The highest BCUT2D eigenvalue weighted by Crippen LogP contribution is 2.30. The van der Waals surface area contributed by atoms with Crippen LogP contribution in [0.1, 0.15) is 44.1 Å². The van der Waals surface area contributed by atoms with E-state index in [-0.39, 0.29) is 0 Å². The van der Waals surface area contributed by atoms with Crippen molar-refractivity contribution in [2.45, 2.75) is 51.5 Å². The van der Waals surface area contributed by atoms with Crippen LogP contribution in [0.4, 0.5) is 23.0 Å². The molecule has 24 heavy (non-hydrogen) atoms. The summed E-state index contributed by atoms with van der Waals surface area (Å²) in [4.78, 5) is 8.62. The number of hydrogen-bond acceptors (Lipinski definition) is 5. The van der Waals surface area contributed by atoms with Crippen molar-refractivity contribution < 1.29 is 0 Å². The molecule has 128 valence electrons. The summed E-state index contributed by atoms with van der Waals surface area (Å²) in [6.45, 7) is 2.00. The molecule has 0 aliphatic heterocycles. The molecule has 1 aliphatic rings. The van der Waals surface area contributed by atoms with E-state index in [9.17, 15) is 0 Å². The average Bonchev–Trinajstić information content (AvgIpc) is 2.82. The topological polar surface area (TPSA) is 75.9 Å². The van der Waals surface area contributed by atoms with Gasteiger partial charge in [-0.2, -0.15) is 0 Å². The van der Waals surface area contributed by atoms with Gasteiger partial charge in [-0.15, -0.1) is 0 Å². The normalized spacial score (nSPS) is 15.8. The van der Waals surface area contributed by atoms with E-state index in [0.717, 1.165) is 11.3 Å². The maximum absolute atomic E-state index is 6.29. The molecular weight excluding hydrogens is 322 g/mol. The van der Waals surface area contributed by atoms with E-state index in [1.165, 1.54) is 38.5 Å². The van der Waals surface area contributed by atoms with Crippen LogP contribution in [0.25, 0.3) is 0 Å². The summed E-state index contributed by atoms with van der Waals surface area (Å²) in [7, 11) is 0. The summed E-state index contributed by atoms with van der Waals surface area (Å²) >= 11 is 6.01. The third-order valence-corrected chi connectivity index (χ3v) is 4.76. The Morgan fingerprint density at radius 2 is 1.79 bits per heavy atom. The highest BCUT2D eigenvalue weighted by molar-refractivity contribution is 6.30. The van der Waals surface area contributed by atoms with Gasteiger partial charge in [-0.25, -0.2) is 9.97 Å². The number of nitrogen functional groups attached to an aromatic ring is 1. The van der Waals surface area contributed by atoms with Crippen molar-refractivity contribution in [3.05, 3.63) is 35.1 Å². The number of nitrogens with one attached hydrogen (secondary N) is 2. The van der Waals surface area contributed by atoms with E-state index in [1.807, 2.05) is 25.1 Å².